The SMILES string of the molecule is CCOC(=O)c1cc2c(s1)-c1sccc1N(C(=O)c1ccc(NC(=O)c3cc(C)cnc3N3CC4(CCOCC4)C3)cc1)CC2.Cc1cnc(N2CC3(CCOCC3)C2)c(C(=O)Nc2ccc(C(=O)N3CCc4cc(C(=O)O)sc4-c4sccc43)cc2)c1.[Li+].[OH-]. The fourth-order valence-corrected chi connectivity index (χ4v) is 17.0. The van der Waals surface area contributed by atoms with Crippen molar-refractivity contribution in [2.45, 2.75) is 59.3 Å². The fraction of sp³-hybridized carbons (Fsp3) is 0.333. The minimum absolute atomic E-state index is 0. The molecule has 0 bridgehead atoms. The Morgan fingerprint density at radius 1 is 0.589 bits per heavy atom. The minimum Gasteiger partial charge on any atom is -0.870 e. The predicted molar refractivity (Wildman–Crippen MR) is 347 cm³/mol. The van der Waals surface area contributed by atoms with Gasteiger partial charge in [-0.3, -0.25) is 19.2 Å². The molecule has 90 heavy (non-hydrogen) atoms. The van der Waals surface area contributed by atoms with Crippen LogP contribution in [0.1, 0.15) is 116 Å². The number of rotatable bonds is 11. The van der Waals surface area contributed by atoms with Crippen LogP contribution in [0.15, 0.2) is 108 Å². The van der Waals surface area contributed by atoms with E-state index in [-0.39, 0.29) is 64.8 Å². The molecule has 0 atom stereocenters. The van der Waals surface area contributed by atoms with Crippen LogP contribution in [0.25, 0.3) is 19.5 Å². The molecular weight excluding hydrogens is 1220 g/mol. The van der Waals surface area contributed by atoms with Crippen molar-refractivity contribution < 1.29 is 72.4 Å². The Morgan fingerprint density at radius 2 is 1.00 bits per heavy atom. The van der Waals surface area contributed by atoms with Crippen molar-refractivity contribution in [3.05, 3.63) is 162 Å². The molecule has 4 saturated heterocycles. The molecule has 0 radical (unpaired) electrons. The summed E-state index contributed by atoms with van der Waals surface area (Å²) in [6.45, 7) is 13.6. The van der Waals surface area contributed by atoms with E-state index in [9.17, 15) is 33.9 Å². The number of hydrogen-bond donors (Lipinski definition) is 3. The quantitative estimate of drug-likeness (QED) is 0.0807. The Hall–Kier alpha value is -7.56. The number of hydrogen-bond acceptors (Lipinski definition) is 18. The average molecular weight is 1280 g/mol. The number of thiophene rings is 4. The van der Waals surface area contributed by atoms with Crippen LogP contribution in [0.4, 0.5) is 34.4 Å². The van der Waals surface area contributed by atoms with Crippen molar-refractivity contribution in [2.75, 3.05) is 103 Å². The van der Waals surface area contributed by atoms with E-state index in [1.54, 1.807) is 88.9 Å². The predicted octanol–water partition coefficient (Wildman–Crippen LogP) is 9.21. The molecule has 4 N–H and O–H groups in total. The molecule has 2 spiro atoms. The third kappa shape index (κ3) is 12.8. The largest absolute Gasteiger partial charge is 1.00 e. The number of ether oxygens (including phenoxy) is 3. The molecule has 460 valence electrons. The van der Waals surface area contributed by atoms with Gasteiger partial charge in [0.05, 0.1) is 48.6 Å². The first kappa shape index (κ1) is 64.0. The molecule has 0 saturated carbocycles. The monoisotopic (exact) mass is 1280 g/mol. The van der Waals surface area contributed by atoms with Gasteiger partial charge in [0.15, 0.2) is 0 Å². The first-order valence-electron chi connectivity index (χ1n) is 29.5. The molecular formula is C66H65LiN8O11S4. The smallest absolute Gasteiger partial charge is 0.870 e. The van der Waals surface area contributed by atoms with Crippen LogP contribution < -0.4 is 49.1 Å². The summed E-state index contributed by atoms with van der Waals surface area (Å²) in [7, 11) is 0. The molecule has 19 nitrogen and oxygen atoms in total. The number of aromatic carboxylic acids is 1. The van der Waals surface area contributed by atoms with Crippen molar-refractivity contribution in [3.8, 4) is 19.5 Å². The number of carboxylic acid groups (broad SMARTS) is 1. The van der Waals surface area contributed by atoms with E-state index in [1.165, 1.54) is 34.0 Å². The van der Waals surface area contributed by atoms with Crippen LogP contribution >= 0.6 is 45.3 Å². The van der Waals surface area contributed by atoms with E-state index in [2.05, 4.69) is 30.4 Å². The molecule has 12 heterocycles. The van der Waals surface area contributed by atoms with Gasteiger partial charge < -0.3 is 55.0 Å². The topological polar surface area (TPSA) is 243 Å². The van der Waals surface area contributed by atoms with E-state index in [4.69, 9.17) is 14.2 Å². The summed E-state index contributed by atoms with van der Waals surface area (Å²) in [5, 5.41) is 19.4. The Labute approximate surface area is 548 Å². The number of benzene rings is 2. The van der Waals surface area contributed by atoms with Crippen LogP contribution in [-0.4, -0.2) is 128 Å². The molecule has 6 aliphatic heterocycles. The number of amides is 4. The maximum atomic E-state index is 13.8. The summed E-state index contributed by atoms with van der Waals surface area (Å²) >= 11 is 5.74. The molecule has 4 amide bonds. The van der Waals surface area contributed by atoms with E-state index in [1.807, 2.05) is 61.1 Å². The number of aryl methyl sites for hydroxylation is 2. The third-order valence-electron chi connectivity index (χ3n) is 17.4. The average Bonchev–Trinajstić information content (AvgIpc) is 2.12. The van der Waals surface area contributed by atoms with E-state index >= 15 is 0 Å². The normalized spacial score (nSPS) is 16.5. The second-order valence-electron chi connectivity index (χ2n) is 23.4. The van der Waals surface area contributed by atoms with Crippen molar-refractivity contribution >= 4 is 115 Å². The summed E-state index contributed by atoms with van der Waals surface area (Å²) < 4.78 is 16.3. The van der Waals surface area contributed by atoms with E-state index < -0.39 is 5.97 Å². The number of nitrogens with one attached hydrogen (secondary N) is 2. The van der Waals surface area contributed by atoms with Gasteiger partial charge >= 0.3 is 30.8 Å². The van der Waals surface area contributed by atoms with Crippen LogP contribution in [0.3, 0.4) is 0 Å². The molecule has 6 aromatic heterocycles. The van der Waals surface area contributed by atoms with Gasteiger partial charge in [0.25, 0.3) is 23.6 Å². The number of aromatic nitrogens is 2. The number of carboxylic acids is 1. The fourth-order valence-electron chi connectivity index (χ4n) is 12.6. The Bertz CT molecular complexity index is 4020. The molecule has 0 aliphatic carbocycles. The number of nitrogens with zero attached hydrogens (tertiary/aromatic N) is 6. The number of carbonyl (C=O) groups excluding carboxylic acids is 5. The number of anilines is 6. The van der Waals surface area contributed by atoms with Crippen LogP contribution in [0, 0.1) is 24.7 Å². The van der Waals surface area contributed by atoms with Gasteiger partial charge in [-0.2, -0.15) is 0 Å². The van der Waals surface area contributed by atoms with Gasteiger partial charge in [-0.15, -0.1) is 45.3 Å². The summed E-state index contributed by atoms with van der Waals surface area (Å²) in [4.78, 5) is 100. The molecule has 14 rings (SSSR count). The zero-order valence-corrected chi connectivity index (χ0v) is 53.6. The van der Waals surface area contributed by atoms with Crippen molar-refractivity contribution in [2.24, 2.45) is 10.8 Å². The van der Waals surface area contributed by atoms with Gasteiger partial charge in [0.1, 0.15) is 21.4 Å². The number of esters is 1. The Morgan fingerprint density at radius 3 is 1.41 bits per heavy atom. The van der Waals surface area contributed by atoms with Crippen molar-refractivity contribution in [1.82, 2.24) is 9.97 Å². The van der Waals surface area contributed by atoms with Gasteiger partial charge in [0, 0.05) is 111 Å². The number of pyridine rings is 2. The van der Waals surface area contributed by atoms with Gasteiger partial charge in [-0.1, -0.05) is 0 Å². The second-order valence-corrected chi connectivity index (χ2v) is 27.3. The van der Waals surface area contributed by atoms with Crippen LogP contribution in [0.5, 0.6) is 0 Å². The van der Waals surface area contributed by atoms with Crippen LogP contribution in [0.2, 0.25) is 0 Å². The standard InChI is InChI=1S/C34H34N4O5S2.C32H30N4O5S2.Li.H2O/c1-3-43-33(41)27-17-23-8-12-38(26-9-15-44-29(26)28(23)45-27)32(40)22-4-6-24(7-5-22)36-31(39)25-16-21(2)18-35-30(25)37-19-34(20-37)10-13-42-14-11-34;1-19-14-23(28(33-16-19)35-17-32(18-35)8-11-41-12-9-32)29(37)34-22-4-2-20(3-5-22)30(38)36-10-6-21-15-25(31(39)40)43-26(21)27-24(36)7-13-42-27;;/h4-7,9,15-18H,3,8,10-14,19-20H2,1-2H3,(H,36,39);2-5,7,13-16H,6,8-12,17-18H2,1H3,(H,34,37)(H,39,40);;1H2/q;;+1;/p-1. The van der Waals surface area contributed by atoms with Gasteiger partial charge in [-0.05, 0) is 177 Å². The van der Waals surface area contributed by atoms with Gasteiger partial charge in [0.2, 0.25) is 0 Å². The maximum Gasteiger partial charge on any atom is 1.00 e. The molecule has 0 unspecified atom stereocenters. The molecule has 6 aliphatic rings. The van der Waals surface area contributed by atoms with E-state index in [0.29, 0.717) is 87.6 Å². The number of carbonyl (C=O) groups is 6. The Balaban J connectivity index is 0.000000181. The molecule has 24 heteroatoms. The first-order chi connectivity index (χ1) is 42.6. The molecule has 2 aromatic carbocycles. The number of fused-ring (bicyclic) bond motifs is 6. The second kappa shape index (κ2) is 26.7. The molecule has 4 fully saturated rings. The Kier molecular flexibility index (Phi) is 19.0. The van der Waals surface area contributed by atoms with Gasteiger partial charge in [-0.25, -0.2) is 19.6 Å². The molecule has 8 aromatic rings. The minimum atomic E-state index is -0.935. The third-order valence-corrected chi connectivity index (χ3v) is 21.8. The van der Waals surface area contributed by atoms with Crippen molar-refractivity contribution in [1.29, 1.82) is 0 Å². The maximum absolute atomic E-state index is 13.8. The summed E-state index contributed by atoms with van der Waals surface area (Å²) in [5.41, 5.74) is 9.29. The zero-order chi connectivity index (χ0) is 60.8. The summed E-state index contributed by atoms with van der Waals surface area (Å²) in [5.74, 6) is -0.559. The first-order valence-corrected chi connectivity index (χ1v) is 32.9. The summed E-state index contributed by atoms with van der Waals surface area (Å²) in [6, 6.07) is 25.2. The zero-order valence-electron chi connectivity index (χ0n) is 50.3. The van der Waals surface area contributed by atoms with E-state index in [0.717, 1.165) is 131 Å². The van der Waals surface area contributed by atoms with Crippen LogP contribution in [-0.2, 0) is 27.1 Å². The summed E-state index contributed by atoms with van der Waals surface area (Å²) in [6.07, 6.45) is 8.96. The van der Waals surface area contributed by atoms with Crippen molar-refractivity contribution in [3.63, 3.8) is 0 Å².